The number of carbonyl (C=O) groups excluding carboxylic acids is 1. The molecule has 2 heterocycles. The van der Waals surface area contributed by atoms with Crippen molar-refractivity contribution in [2.45, 2.75) is 13.0 Å². The molecule has 24 heavy (non-hydrogen) atoms. The molecule has 0 unspecified atom stereocenters. The summed E-state index contributed by atoms with van der Waals surface area (Å²) in [6.45, 7) is 0.415. The van der Waals surface area contributed by atoms with Crippen LogP contribution in [0.15, 0.2) is 54.0 Å². The first-order valence-corrected chi connectivity index (χ1v) is 8.38. The average molecular weight is 339 g/mol. The second kappa shape index (κ2) is 7.70. The van der Waals surface area contributed by atoms with E-state index in [9.17, 15) is 4.79 Å². The molecule has 0 atom stereocenters. The third-order valence-corrected chi connectivity index (χ3v) is 4.34. The molecule has 6 heteroatoms. The van der Waals surface area contributed by atoms with Crippen LogP contribution in [0.2, 0.25) is 0 Å². The highest BCUT2D eigenvalue weighted by molar-refractivity contribution is 7.13. The fourth-order valence-electron chi connectivity index (χ4n) is 2.18. The Balaban J connectivity index is 1.53. The van der Waals surface area contributed by atoms with Gasteiger partial charge in [-0.05, 0) is 29.8 Å². The lowest BCUT2D eigenvalue weighted by Crippen LogP contribution is -2.24. The van der Waals surface area contributed by atoms with Crippen LogP contribution in [0.1, 0.15) is 11.3 Å². The lowest BCUT2D eigenvalue weighted by atomic mass is 10.1. The Hall–Kier alpha value is -2.73. The van der Waals surface area contributed by atoms with Crippen molar-refractivity contribution in [3.8, 4) is 16.5 Å². The smallest absolute Gasteiger partial charge is 0.224 e. The third kappa shape index (κ3) is 4.17. The number of rotatable bonds is 6. The molecule has 1 amide bonds. The van der Waals surface area contributed by atoms with Crippen LogP contribution >= 0.6 is 11.3 Å². The van der Waals surface area contributed by atoms with Gasteiger partial charge in [-0.1, -0.05) is 18.2 Å². The van der Waals surface area contributed by atoms with Crippen molar-refractivity contribution in [2.75, 3.05) is 7.11 Å². The Bertz CT molecular complexity index is 801. The van der Waals surface area contributed by atoms with Gasteiger partial charge in [0.15, 0.2) is 0 Å². The zero-order valence-electron chi connectivity index (χ0n) is 13.2. The standard InChI is InChI=1S/C18H17N3O2S/c1-23-15-7-5-13(6-8-15)10-17(22)20-11-14-12-24-18(21-14)16-4-2-3-9-19-16/h2-9,12H,10-11H2,1H3,(H,20,22). The Kier molecular flexibility index (Phi) is 5.18. The zero-order chi connectivity index (χ0) is 16.8. The summed E-state index contributed by atoms with van der Waals surface area (Å²) in [6.07, 6.45) is 2.08. The van der Waals surface area contributed by atoms with Crippen LogP contribution in [0.25, 0.3) is 10.7 Å². The summed E-state index contributed by atoms with van der Waals surface area (Å²) in [5.74, 6) is 0.747. The summed E-state index contributed by atoms with van der Waals surface area (Å²) in [5, 5.41) is 5.69. The molecule has 0 aliphatic heterocycles. The molecular formula is C18H17N3O2S. The molecule has 2 aromatic heterocycles. The van der Waals surface area contributed by atoms with Crippen LogP contribution in [0.5, 0.6) is 5.75 Å². The van der Waals surface area contributed by atoms with Crippen molar-refractivity contribution in [3.63, 3.8) is 0 Å². The highest BCUT2D eigenvalue weighted by Gasteiger charge is 2.08. The van der Waals surface area contributed by atoms with Crippen LogP contribution in [-0.4, -0.2) is 23.0 Å². The SMILES string of the molecule is COc1ccc(CC(=O)NCc2csc(-c3ccccn3)n2)cc1. The summed E-state index contributed by atoms with van der Waals surface area (Å²) >= 11 is 1.52. The van der Waals surface area contributed by atoms with E-state index in [-0.39, 0.29) is 5.91 Å². The Labute approximate surface area is 144 Å². The van der Waals surface area contributed by atoms with Crippen LogP contribution < -0.4 is 10.1 Å². The van der Waals surface area contributed by atoms with E-state index in [1.165, 1.54) is 11.3 Å². The number of nitrogens with one attached hydrogen (secondary N) is 1. The normalized spacial score (nSPS) is 10.4. The fraction of sp³-hybridized carbons (Fsp3) is 0.167. The van der Waals surface area contributed by atoms with Crippen molar-refractivity contribution in [1.82, 2.24) is 15.3 Å². The predicted molar refractivity (Wildman–Crippen MR) is 93.9 cm³/mol. The minimum Gasteiger partial charge on any atom is -0.497 e. The molecule has 0 spiro atoms. The number of aromatic nitrogens is 2. The Morgan fingerprint density at radius 3 is 2.75 bits per heavy atom. The van der Waals surface area contributed by atoms with E-state index in [1.807, 2.05) is 47.8 Å². The summed E-state index contributed by atoms with van der Waals surface area (Å²) in [4.78, 5) is 20.8. The van der Waals surface area contributed by atoms with E-state index in [0.717, 1.165) is 27.7 Å². The number of ether oxygens (including phenoxy) is 1. The number of hydrogen-bond acceptors (Lipinski definition) is 5. The van der Waals surface area contributed by atoms with Gasteiger partial charge in [0.25, 0.3) is 0 Å². The molecule has 0 aliphatic rings. The van der Waals surface area contributed by atoms with Crippen LogP contribution in [0, 0.1) is 0 Å². The molecule has 5 nitrogen and oxygen atoms in total. The monoisotopic (exact) mass is 339 g/mol. The first-order valence-electron chi connectivity index (χ1n) is 7.50. The molecule has 1 aromatic carbocycles. The van der Waals surface area contributed by atoms with Gasteiger partial charge in [-0.15, -0.1) is 11.3 Å². The number of amides is 1. The molecule has 122 valence electrons. The van der Waals surface area contributed by atoms with Crippen molar-refractivity contribution in [2.24, 2.45) is 0 Å². The molecule has 3 rings (SSSR count). The molecule has 1 N–H and O–H groups in total. The first-order chi connectivity index (χ1) is 11.7. The fourth-order valence-corrected chi connectivity index (χ4v) is 2.97. The number of hydrogen-bond donors (Lipinski definition) is 1. The maximum Gasteiger partial charge on any atom is 0.224 e. The maximum absolute atomic E-state index is 12.0. The molecule has 0 saturated carbocycles. The second-order valence-corrected chi connectivity index (χ2v) is 6.02. The number of nitrogens with zero attached hydrogens (tertiary/aromatic N) is 2. The predicted octanol–water partition coefficient (Wildman–Crippen LogP) is 3.07. The summed E-state index contributed by atoms with van der Waals surface area (Å²) in [5.41, 5.74) is 2.63. The van der Waals surface area contributed by atoms with Crippen molar-refractivity contribution < 1.29 is 9.53 Å². The molecule has 3 aromatic rings. The van der Waals surface area contributed by atoms with Gasteiger partial charge in [0.2, 0.25) is 5.91 Å². The van der Waals surface area contributed by atoms with E-state index in [1.54, 1.807) is 13.3 Å². The maximum atomic E-state index is 12.0. The van der Waals surface area contributed by atoms with Gasteiger partial charge in [0.05, 0.1) is 31.5 Å². The number of thiazole rings is 1. The summed E-state index contributed by atoms with van der Waals surface area (Å²) in [6, 6.07) is 13.2. The third-order valence-electron chi connectivity index (χ3n) is 3.43. The molecule has 0 radical (unpaired) electrons. The highest BCUT2D eigenvalue weighted by Crippen LogP contribution is 2.21. The second-order valence-electron chi connectivity index (χ2n) is 5.16. The highest BCUT2D eigenvalue weighted by atomic mass is 32.1. The zero-order valence-corrected chi connectivity index (χ0v) is 14.0. The van der Waals surface area contributed by atoms with E-state index in [0.29, 0.717) is 13.0 Å². The largest absolute Gasteiger partial charge is 0.497 e. The quantitative estimate of drug-likeness (QED) is 0.750. The van der Waals surface area contributed by atoms with Crippen LogP contribution in [0.3, 0.4) is 0 Å². The van der Waals surface area contributed by atoms with Gasteiger partial charge in [-0.2, -0.15) is 0 Å². The number of pyridine rings is 1. The molecule has 0 saturated heterocycles. The Morgan fingerprint density at radius 2 is 2.04 bits per heavy atom. The van der Waals surface area contributed by atoms with Crippen LogP contribution in [-0.2, 0) is 17.8 Å². The lowest BCUT2D eigenvalue weighted by Gasteiger charge is -2.05. The Morgan fingerprint density at radius 1 is 1.21 bits per heavy atom. The van der Waals surface area contributed by atoms with Crippen molar-refractivity contribution in [3.05, 3.63) is 65.3 Å². The van der Waals surface area contributed by atoms with Crippen LogP contribution in [0.4, 0.5) is 0 Å². The van der Waals surface area contributed by atoms with E-state index >= 15 is 0 Å². The average Bonchev–Trinajstić information content (AvgIpc) is 3.10. The van der Waals surface area contributed by atoms with Crippen molar-refractivity contribution in [1.29, 1.82) is 0 Å². The van der Waals surface area contributed by atoms with Gasteiger partial charge in [0.1, 0.15) is 10.8 Å². The molecule has 0 bridgehead atoms. The van der Waals surface area contributed by atoms with E-state index < -0.39 is 0 Å². The summed E-state index contributed by atoms with van der Waals surface area (Å²) in [7, 11) is 1.62. The van der Waals surface area contributed by atoms with Gasteiger partial charge in [-0.25, -0.2) is 4.98 Å². The van der Waals surface area contributed by atoms with E-state index in [2.05, 4.69) is 15.3 Å². The van der Waals surface area contributed by atoms with Gasteiger partial charge < -0.3 is 10.1 Å². The first kappa shape index (κ1) is 16.1. The minimum atomic E-state index is -0.0347. The topological polar surface area (TPSA) is 64.1 Å². The number of carbonyl (C=O) groups is 1. The van der Waals surface area contributed by atoms with Gasteiger partial charge in [-0.3, -0.25) is 9.78 Å². The minimum absolute atomic E-state index is 0.0347. The molecule has 0 fully saturated rings. The van der Waals surface area contributed by atoms with Gasteiger partial charge in [0, 0.05) is 11.6 Å². The van der Waals surface area contributed by atoms with Gasteiger partial charge >= 0.3 is 0 Å². The number of methoxy groups -OCH3 is 1. The molecular weight excluding hydrogens is 322 g/mol. The molecule has 0 aliphatic carbocycles. The van der Waals surface area contributed by atoms with Crippen molar-refractivity contribution >= 4 is 17.2 Å². The number of benzene rings is 1. The summed E-state index contributed by atoms with van der Waals surface area (Å²) < 4.78 is 5.11. The lowest BCUT2D eigenvalue weighted by molar-refractivity contribution is -0.120. The van der Waals surface area contributed by atoms with E-state index in [4.69, 9.17) is 4.74 Å².